The third-order valence-electron chi connectivity index (χ3n) is 2.65. The van der Waals surface area contributed by atoms with Gasteiger partial charge in [0, 0.05) is 16.8 Å². The average Bonchev–Trinajstić information content (AvgIpc) is 2.38. The largest absolute Gasteiger partial charge is 0.496 e. The van der Waals surface area contributed by atoms with Crippen molar-refractivity contribution in [1.82, 2.24) is 0 Å². The second-order valence-electron chi connectivity index (χ2n) is 3.93. The summed E-state index contributed by atoms with van der Waals surface area (Å²) in [5.41, 5.74) is 2.95. The number of para-hydroxylation sites is 1. The molecule has 0 heterocycles. The van der Waals surface area contributed by atoms with Gasteiger partial charge in [-0.05, 0) is 36.8 Å². The van der Waals surface area contributed by atoms with Crippen molar-refractivity contribution in [3.05, 3.63) is 58.6 Å². The third kappa shape index (κ3) is 2.90. The van der Waals surface area contributed by atoms with Gasteiger partial charge in [0.2, 0.25) is 0 Å². The number of rotatable bonds is 3. The fourth-order valence-corrected chi connectivity index (χ4v) is 1.83. The molecule has 0 N–H and O–H groups in total. The highest BCUT2D eigenvalue weighted by atomic mass is 35.5. The fraction of sp³-hybridized carbons (Fsp3) is 0.133. The number of nitrogens with zero attached hydrogens (tertiary/aromatic N) is 1. The lowest BCUT2D eigenvalue weighted by atomic mass is 10.2. The summed E-state index contributed by atoms with van der Waals surface area (Å²) in [6.07, 6.45) is 1.77. The van der Waals surface area contributed by atoms with Crippen molar-refractivity contribution in [2.24, 2.45) is 4.99 Å². The average molecular weight is 260 g/mol. The predicted octanol–water partition coefficient (Wildman–Crippen LogP) is 4.41. The molecule has 0 spiro atoms. The van der Waals surface area contributed by atoms with Crippen LogP contribution in [0.5, 0.6) is 5.75 Å². The Bertz CT molecular complexity index is 578. The Labute approximate surface area is 112 Å². The van der Waals surface area contributed by atoms with Crippen LogP contribution in [-0.2, 0) is 0 Å². The molecule has 0 radical (unpaired) electrons. The van der Waals surface area contributed by atoms with E-state index < -0.39 is 0 Å². The molecule has 0 aliphatic carbocycles. The highest BCUT2D eigenvalue weighted by Crippen LogP contribution is 2.23. The zero-order valence-electron chi connectivity index (χ0n) is 10.4. The van der Waals surface area contributed by atoms with E-state index in [9.17, 15) is 0 Å². The molecule has 2 rings (SSSR count). The van der Waals surface area contributed by atoms with Crippen molar-refractivity contribution in [1.29, 1.82) is 0 Å². The minimum atomic E-state index is 0.669. The molecule has 0 aliphatic heterocycles. The highest BCUT2D eigenvalue weighted by Gasteiger charge is 2.01. The minimum absolute atomic E-state index is 0.669. The van der Waals surface area contributed by atoms with E-state index in [1.165, 1.54) is 0 Å². The van der Waals surface area contributed by atoms with E-state index in [1.54, 1.807) is 19.4 Å². The van der Waals surface area contributed by atoms with E-state index in [4.69, 9.17) is 16.3 Å². The Morgan fingerprint density at radius 2 is 1.94 bits per heavy atom. The van der Waals surface area contributed by atoms with Gasteiger partial charge >= 0.3 is 0 Å². The Hall–Kier alpha value is -1.80. The summed E-state index contributed by atoms with van der Waals surface area (Å²) in [5.74, 6) is 0.761. The van der Waals surface area contributed by atoms with Gasteiger partial charge in [0.15, 0.2) is 0 Å². The second-order valence-corrected chi connectivity index (χ2v) is 4.37. The van der Waals surface area contributed by atoms with Crippen LogP contribution in [0.15, 0.2) is 47.5 Å². The Morgan fingerprint density at radius 3 is 2.67 bits per heavy atom. The van der Waals surface area contributed by atoms with Crippen LogP contribution in [0.4, 0.5) is 5.69 Å². The van der Waals surface area contributed by atoms with Gasteiger partial charge < -0.3 is 4.74 Å². The SMILES string of the molecule is COc1ccc(Cl)cc1C=Nc1ccccc1C. The van der Waals surface area contributed by atoms with E-state index in [0.717, 1.165) is 22.6 Å². The molecule has 0 atom stereocenters. The normalized spacial score (nSPS) is 10.8. The van der Waals surface area contributed by atoms with Gasteiger partial charge in [-0.3, -0.25) is 4.99 Å². The van der Waals surface area contributed by atoms with Crippen LogP contribution in [0.1, 0.15) is 11.1 Å². The Balaban J connectivity index is 2.34. The number of hydrogen-bond acceptors (Lipinski definition) is 2. The lowest BCUT2D eigenvalue weighted by Crippen LogP contribution is -1.90. The fourth-order valence-electron chi connectivity index (χ4n) is 1.65. The first-order chi connectivity index (χ1) is 8.70. The van der Waals surface area contributed by atoms with Crippen LogP contribution >= 0.6 is 11.6 Å². The number of halogens is 1. The molecule has 0 saturated carbocycles. The van der Waals surface area contributed by atoms with Gasteiger partial charge in [-0.25, -0.2) is 0 Å². The third-order valence-corrected chi connectivity index (χ3v) is 2.89. The summed E-state index contributed by atoms with van der Waals surface area (Å²) in [6, 6.07) is 13.4. The molecule has 2 aromatic rings. The summed E-state index contributed by atoms with van der Waals surface area (Å²) in [5, 5.41) is 0.669. The molecule has 0 bridgehead atoms. The molecule has 18 heavy (non-hydrogen) atoms. The second kappa shape index (κ2) is 5.69. The van der Waals surface area contributed by atoms with Crippen LogP contribution in [0.3, 0.4) is 0 Å². The molecule has 0 saturated heterocycles. The summed E-state index contributed by atoms with van der Waals surface area (Å²) < 4.78 is 5.27. The minimum Gasteiger partial charge on any atom is -0.496 e. The summed E-state index contributed by atoms with van der Waals surface area (Å²) in [7, 11) is 1.63. The van der Waals surface area contributed by atoms with Gasteiger partial charge in [0.1, 0.15) is 5.75 Å². The monoisotopic (exact) mass is 259 g/mol. The number of aryl methyl sites for hydroxylation is 1. The van der Waals surface area contributed by atoms with Gasteiger partial charge in [0.05, 0.1) is 12.8 Å². The smallest absolute Gasteiger partial charge is 0.127 e. The molecule has 2 aromatic carbocycles. The van der Waals surface area contributed by atoms with Crippen LogP contribution in [0.25, 0.3) is 0 Å². The highest BCUT2D eigenvalue weighted by molar-refractivity contribution is 6.30. The molecule has 0 amide bonds. The van der Waals surface area contributed by atoms with E-state index in [-0.39, 0.29) is 0 Å². The standard InChI is InChI=1S/C15H14ClNO/c1-11-5-3-4-6-14(11)17-10-12-9-13(16)7-8-15(12)18-2/h3-10H,1-2H3. The molecule has 92 valence electrons. The number of benzene rings is 2. The van der Waals surface area contributed by atoms with E-state index in [0.29, 0.717) is 5.02 Å². The summed E-state index contributed by atoms with van der Waals surface area (Å²) >= 11 is 5.97. The lowest BCUT2D eigenvalue weighted by Gasteiger charge is -2.04. The van der Waals surface area contributed by atoms with Gasteiger partial charge in [-0.15, -0.1) is 0 Å². The lowest BCUT2D eigenvalue weighted by molar-refractivity contribution is 0.414. The maximum absolute atomic E-state index is 5.97. The Morgan fingerprint density at radius 1 is 1.17 bits per heavy atom. The van der Waals surface area contributed by atoms with Crippen molar-refractivity contribution < 1.29 is 4.74 Å². The van der Waals surface area contributed by atoms with Crippen LogP contribution in [-0.4, -0.2) is 13.3 Å². The molecule has 2 nitrogen and oxygen atoms in total. The molecular formula is C15H14ClNO. The van der Waals surface area contributed by atoms with Crippen molar-refractivity contribution in [2.75, 3.05) is 7.11 Å². The van der Waals surface area contributed by atoms with Crippen molar-refractivity contribution in [2.45, 2.75) is 6.92 Å². The quantitative estimate of drug-likeness (QED) is 0.749. The van der Waals surface area contributed by atoms with Crippen molar-refractivity contribution in [3.8, 4) is 5.75 Å². The first-order valence-corrected chi connectivity index (χ1v) is 6.02. The van der Waals surface area contributed by atoms with E-state index in [1.807, 2.05) is 43.3 Å². The molecule has 3 heteroatoms. The van der Waals surface area contributed by atoms with Crippen molar-refractivity contribution in [3.63, 3.8) is 0 Å². The molecule has 0 aliphatic rings. The van der Waals surface area contributed by atoms with Gasteiger partial charge in [-0.1, -0.05) is 29.8 Å². The summed E-state index contributed by atoms with van der Waals surface area (Å²) in [4.78, 5) is 4.46. The van der Waals surface area contributed by atoms with E-state index in [2.05, 4.69) is 4.99 Å². The first kappa shape index (κ1) is 12.7. The van der Waals surface area contributed by atoms with Crippen LogP contribution in [0.2, 0.25) is 5.02 Å². The molecule has 0 unspecified atom stereocenters. The maximum Gasteiger partial charge on any atom is 0.127 e. The van der Waals surface area contributed by atoms with Gasteiger partial charge in [0.25, 0.3) is 0 Å². The molecule has 0 aromatic heterocycles. The molecule has 0 fully saturated rings. The Kier molecular flexibility index (Phi) is 4.00. The summed E-state index contributed by atoms with van der Waals surface area (Å²) in [6.45, 7) is 2.03. The van der Waals surface area contributed by atoms with Crippen LogP contribution in [0, 0.1) is 6.92 Å². The topological polar surface area (TPSA) is 21.6 Å². The number of hydrogen-bond donors (Lipinski definition) is 0. The van der Waals surface area contributed by atoms with Crippen LogP contribution < -0.4 is 4.74 Å². The van der Waals surface area contributed by atoms with Crippen molar-refractivity contribution >= 4 is 23.5 Å². The first-order valence-electron chi connectivity index (χ1n) is 5.64. The number of methoxy groups -OCH3 is 1. The number of ether oxygens (including phenoxy) is 1. The van der Waals surface area contributed by atoms with Gasteiger partial charge in [-0.2, -0.15) is 0 Å². The number of aliphatic imine (C=N–C) groups is 1. The molecular weight excluding hydrogens is 246 g/mol. The predicted molar refractivity (Wildman–Crippen MR) is 76.4 cm³/mol. The maximum atomic E-state index is 5.97. The zero-order valence-corrected chi connectivity index (χ0v) is 11.1. The zero-order chi connectivity index (χ0) is 13.0. The van der Waals surface area contributed by atoms with E-state index >= 15 is 0 Å².